The number of piperazine rings is 1. The first-order valence-electron chi connectivity index (χ1n) is 10.3. The van der Waals surface area contributed by atoms with Gasteiger partial charge in [0.15, 0.2) is 0 Å². The number of amides is 2. The van der Waals surface area contributed by atoms with Crippen LogP contribution in [0.5, 0.6) is 0 Å². The molecule has 7 nitrogen and oxygen atoms in total. The standard InChI is InChI=1S/C24H22N4O3/c29-15-21-23(18-8-6-17(7-9-18)16-4-2-1-3-5-16)20-13-27(14-22(30)28(20)21)24(31)19-12-25-10-11-26-19/h1-12,20-21,23,29H,13-15H2/t20-,21+,23+/m0/s1. The monoisotopic (exact) mass is 414 g/mol. The van der Waals surface area contributed by atoms with E-state index in [2.05, 4.69) is 46.4 Å². The molecule has 2 fully saturated rings. The zero-order chi connectivity index (χ0) is 21.4. The van der Waals surface area contributed by atoms with Gasteiger partial charge < -0.3 is 14.9 Å². The van der Waals surface area contributed by atoms with Crippen LogP contribution in [0.1, 0.15) is 22.0 Å². The molecule has 2 aliphatic rings. The number of aliphatic hydroxyl groups excluding tert-OH is 1. The van der Waals surface area contributed by atoms with Crippen LogP contribution in [0.25, 0.3) is 11.1 Å². The molecule has 156 valence electrons. The Hall–Kier alpha value is -3.58. The minimum Gasteiger partial charge on any atom is -0.394 e. The highest BCUT2D eigenvalue weighted by Crippen LogP contribution is 2.43. The highest BCUT2D eigenvalue weighted by atomic mass is 16.3. The van der Waals surface area contributed by atoms with Crippen molar-refractivity contribution in [2.24, 2.45) is 0 Å². The first-order valence-corrected chi connectivity index (χ1v) is 10.3. The Balaban J connectivity index is 1.39. The lowest BCUT2D eigenvalue weighted by Gasteiger charge is -2.58. The Bertz CT molecular complexity index is 1090. The van der Waals surface area contributed by atoms with E-state index in [4.69, 9.17) is 0 Å². The highest BCUT2D eigenvalue weighted by molar-refractivity contribution is 5.96. The Morgan fingerprint density at radius 2 is 1.77 bits per heavy atom. The van der Waals surface area contributed by atoms with Crippen LogP contribution in [0.15, 0.2) is 73.2 Å². The molecule has 31 heavy (non-hydrogen) atoms. The number of benzene rings is 2. The Kier molecular flexibility index (Phi) is 4.95. The topological polar surface area (TPSA) is 86.6 Å². The first kappa shape index (κ1) is 19.4. The molecule has 2 aliphatic heterocycles. The van der Waals surface area contributed by atoms with Crippen molar-refractivity contribution in [2.75, 3.05) is 19.7 Å². The average molecular weight is 414 g/mol. The maximum Gasteiger partial charge on any atom is 0.274 e. The van der Waals surface area contributed by atoms with Gasteiger partial charge in [-0.25, -0.2) is 4.98 Å². The summed E-state index contributed by atoms with van der Waals surface area (Å²) in [6, 6.07) is 17.9. The van der Waals surface area contributed by atoms with Gasteiger partial charge in [-0.3, -0.25) is 14.6 Å². The smallest absolute Gasteiger partial charge is 0.274 e. The number of nitrogens with zero attached hydrogens (tertiary/aromatic N) is 4. The van der Waals surface area contributed by atoms with Crippen LogP contribution < -0.4 is 0 Å². The third kappa shape index (κ3) is 3.37. The summed E-state index contributed by atoms with van der Waals surface area (Å²) in [6.07, 6.45) is 4.39. The molecular formula is C24H22N4O3. The van der Waals surface area contributed by atoms with E-state index in [0.717, 1.165) is 16.7 Å². The van der Waals surface area contributed by atoms with Gasteiger partial charge >= 0.3 is 0 Å². The summed E-state index contributed by atoms with van der Waals surface area (Å²) in [7, 11) is 0. The van der Waals surface area contributed by atoms with Crippen molar-refractivity contribution in [3.63, 3.8) is 0 Å². The molecule has 2 saturated heterocycles. The van der Waals surface area contributed by atoms with Crippen LogP contribution in [0.4, 0.5) is 0 Å². The third-order valence-corrected chi connectivity index (χ3v) is 6.22. The fraction of sp³-hybridized carbons (Fsp3) is 0.250. The average Bonchev–Trinajstić information content (AvgIpc) is 2.81. The van der Waals surface area contributed by atoms with E-state index in [1.807, 2.05) is 18.2 Å². The van der Waals surface area contributed by atoms with Crippen molar-refractivity contribution in [2.45, 2.75) is 18.0 Å². The number of hydrogen-bond donors (Lipinski definition) is 1. The number of aromatic nitrogens is 2. The van der Waals surface area contributed by atoms with E-state index >= 15 is 0 Å². The zero-order valence-electron chi connectivity index (χ0n) is 16.8. The molecule has 1 N–H and O–H groups in total. The lowest BCUT2D eigenvalue weighted by molar-refractivity contribution is -0.159. The minimum absolute atomic E-state index is 0.0118. The fourth-order valence-electron chi connectivity index (χ4n) is 4.75. The second kappa shape index (κ2) is 7.92. The molecule has 2 aromatic carbocycles. The van der Waals surface area contributed by atoms with Crippen LogP contribution >= 0.6 is 0 Å². The van der Waals surface area contributed by atoms with E-state index in [9.17, 15) is 14.7 Å². The number of fused-ring (bicyclic) bond motifs is 1. The molecule has 5 rings (SSSR count). The maximum atomic E-state index is 12.8. The van der Waals surface area contributed by atoms with Crippen molar-refractivity contribution in [1.29, 1.82) is 0 Å². The Morgan fingerprint density at radius 3 is 2.45 bits per heavy atom. The van der Waals surface area contributed by atoms with Gasteiger partial charge in [0.1, 0.15) is 12.2 Å². The SMILES string of the molecule is O=C(c1cnccn1)N1CC(=O)N2[C@H](CO)[C@H](c3ccc(-c4ccccc4)cc3)[C@@H]2C1. The predicted octanol–water partition coefficient (Wildman–Crippen LogP) is 1.95. The molecule has 0 radical (unpaired) electrons. The van der Waals surface area contributed by atoms with Gasteiger partial charge in [-0.2, -0.15) is 0 Å². The maximum absolute atomic E-state index is 12.8. The second-order valence-corrected chi connectivity index (χ2v) is 7.91. The van der Waals surface area contributed by atoms with Gasteiger partial charge in [-0.1, -0.05) is 54.6 Å². The molecule has 0 spiro atoms. The summed E-state index contributed by atoms with van der Waals surface area (Å²) < 4.78 is 0. The lowest BCUT2D eigenvalue weighted by atomic mass is 9.73. The molecule has 3 heterocycles. The van der Waals surface area contributed by atoms with Gasteiger partial charge in [0, 0.05) is 24.9 Å². The molecule has 0 unspecified atom stereocenters. The molecule has 1 aromatic heterocycles. The first-order chi connectivity index (χ1) is 15.2. The Labute approximate surface area is 180 Å². The van der Waals surface area contributed by atoms with E-state index < -0.39 is 0 Å². The predicted molar refractivity (Wildman–Crippen MR) is 114 cm³/mol. The lowest BCUT2D eigenvalue weighted by Crippen LogP contribution is -2.73. The molecule has 0 saturated carbocycles. The third-order valence-electron chi connectivity index (χ3n) is 6.22. The van der Waals surface area contributed by atoms with Crippen molar-refractivity contribution < 1.29 is 14.7 Å². The summed E-state index contributed by atoms with van der Waals surface area (Å²) >= 11 is 0. The highest BCUT2D eigenvalue weighted by Gasteiger charge is 2.54. The molecule has 0 aliphatic carbocycles. The summed E-state index contributed by atoms with van der Waals surface area (Å²) in [5.74, 6) is -0.479. The van der Waals surface area contributed by atoms with Crippen LogP contribution in [0.3, 0.4) is 0 Å². The van der Waals surface area contributed by atoms with Gasteiger partial charge in [-0.15, -0.1) is 0 Å². The van der Waals surface area contributed by atoms with Crippen molar-refractivity contribution in [1.82, 2.24) is 19.8 Å². The van der Waals surface area contributed by atoms with E-state index in [0.29, 0.717) is 6.54 Å². The van der Waals surface area contributed by atoms with Gasteiger partial charge in [0.2, 0.25) is 5.91 Å². The number of carbonyl (C=O) groups is 2. The normalized spacial score (nSPS) is 22.6. The second-order valence-electron chi connectivity index (χ2n) is 7.91. The van der Waals surface area contributed by atoms with Crippen LogP contribution in [0, 0.1) is 0 Å². The zero-order valence-corrected chi connectivity index (χ0v) is 16.8. The summed E-state index contributed by atoms with van der Waals surface area (Å²) in [5, 5.41) is 9.97. The Morgan fingerprint density at radius 1 is 1.03 bits per heavy atom. The molecule has 0 bridgehead atoms. The van der Waals surface area contributed by atoms with Gasteiger partial charge in [0.05, 0.1) is 24.9 Å². The van der Waals surface area contributed by atoms with Crippen molar-refractivity contribution in [3.05, 3.63) is 84.4 Å². The molecule has 3 aromatic rings. The van der Waals surface area contributed by atoms with Crippen LogP contribution in [0.2, 0.25) is 0 Å². The fourth-order valence-corrected chi connectivity index (χ4v) is 4.75. The molecule has 3 atom stereocenters. The molecule has 2 amide bonds. The van der Waals surface area contributed by atoms with Crippen LogP contribution in [-0.2, 0) is 4.79 Å². The van der Waals surface area contributed by atoms with Crippen molar-refractivity contribution in [3.8, 4) is 11.1 Å². The number of hydrogen-bond acceptors (Lipinski definition) is 5. The summed E-state index contributed by atoms with van der Waals surface area (Å²) in [5.41, 5.74) is 3.53. The van der Waals surface area contributed by atoms with E-state index in [-0.39, 0.29) is 48.7 Å². The molecule has 7 heteroatoms. The van der Waals surface area contributed by atoms with E-state index in [1.165, 1.54) is 23.5 Å². The largest absolute Gasteiger partial charge is 0.394 e. The van der Waals surface area contributed by atoms with Gasteiger partial charge in [0.25, 0.3) is 5.91 Å². The van der Waals surface area contributed by atoms with E-state index in [1.54, 1.807) is 4.90 Å². The quantitative estimate of drug-likeness (QED) is 0.705. The summed E-state index contributed by atoms with van der Waals surface area (Å²) in [4.78, 5) is 36.9. The number of rotatable bonds is 4. The van der Waals surface area contributed by atoms with Crippen LogP contribution in [-0.4, -0.2) is 68.5 Å². The number of aliphatic hydroxyl groups is 1. The minimum atomic E-state index is -0.299. The summed E-state index contributed by atoms with van der Waals surface area (Å²) in [6.45, 7) is 0.288. The van der Waals surface area contributed by atoms with Gasteiger partial charge in [-0.05, 0) is 16.7 Å². The molecular weight excluding hydrogens is 392 g/mol. The van der Waals surface area contributed by atoms with Crippen molar-refractivity contribution >= 4 is 11.8 Å². The number of carbonyl (C=O) groups excluding carboxylic acids is 2.